The molecule has 1 N–H and O–H groups in total. The lowest BCUT2D eigenvalue weighted by Gasteiger charge is -2.33. The predicted molar refractivity (Wildman–Crippen MR) is 62.1 cm³/mol. The Labute approximate surface area is 97.3 Å². The minimum atomic E-state index is 0.0234. The second-order valence-electron chi connectivity index (χ2n) is 5.07. The lowest BCUT2D eigenvalue weighted by atomic mass is 9.96. The topological polar surface area (TPSA) is 41.6 Å². The fourth-order valence-electron chi connectivity index (χ4n) is 2.71. The van der Waals surface area contributed by atoms with Gasteiger partial charge in [0.05, 0.1) is 19.1 Å². The van der Waals surface area contributed by atoms with Crippen LogP contribution in [0.25, 0.3) is 0 Å². The zero-order valence-corrected chi connectivity index (χ0v) is 10.2. The molecule has 2 saturated heterocycles. The molecule has 4 heteroatoms. The van der Waals surface area contributed by atoms with Crippen LogP contribution < -0.4 is 5.32 Å². The van der Waals surface area contributed by atoms with E-state index in [4.69, 9.17) is 4.74 Å². The van der Waals surface area contributed by atoms with E-state index in [0.29, 0.717) is 19.1 Å². The molecule has 0 aliphatic carbocycles. The summed E-state index contributed by atoms with van der Waals surface area (Å²) in [6.45, 7) is 5.31. The van der Waals surface area contributed by atoms with Gasteiger partial charge in [-0.05, 0) is 25.8 Å². The summed E-state index contributed by atoms with van der Waals surface area (Å²) in [6, 6.07) is 0.199. The van der Waals surface area contributed by atoms with E-state index in [1.165, 1.54) is 6.42 Å². The number of piperidine rings is 1. The van der Waals surface area contributed by atoms with E-state index in [2.05, 4.69) is 12.2 Å². The van der Waals surface area contributed by atoms with Crippen molar-refractivity contribution in [1.82, 2.24) is 10.2 Å². The first-order valence-corrected chi connectivity index (χ1v) is 6.26. The van der Waals surface area contributed by atoms with Crippen molar-refractivity contribution in [2.45, 2.75) is 25.8 Å². The first kappa shape index (κ1) is 11.9. The molecule has 16 heavy (non-hydrogen) atoms. The molecular weight excluding hydrogens is 204 g/mol. The number of hydrogen-bond acceptors (Lipinski definition) is 3. The van der Waals surface area contributed by atoms with Gasteiger partial charge in [-0.15, -0.1) is 0 Å². The number of hydrogen-bond donors (Lipinski definition) is 1. The van der Waals surface area contributed by atoms with Crippen LogP contribution in [0.4, 0.5) is 0 Å². The van der Waals surface area contributed by atoms with Crippen molar-refractivity contribution >= 4 is 5.91 Å². The minimum Gasteiger partial charge on any atom is -0.379 e. The molecule has 0 aromatic rings. The normalized spacial score (nSPS) is 35.4. The van der Waals surface area contributed by atoms with Gasteiger partial charge in [0.15, 0.2) is 0 Å². The summed E-state index contributed by atoms with van der Waals surface area (Å²) in [5.41, 5.74) is 0. The van der Waals surface area contributed by atoms with Crippen LogP contribution in [0.2, 0.25) is 0 Å². The second kappa shape index (κ2) is 5.15. The molecule has 2 rings (SSSR count). The van der Waals surface area contributed by atoms with Crippen molar-refractivity contribution in [2.75, 3.05) is 33.4 Å². The van der Waals surface area contributed by atoms with Crippen molar-refractivity contribution in [3.05, 3.63) is 0 Å². The van der Waals surface area contributed by atoms with Crippen LogP contribution in [-0.4, -0.2) is 50.2 Å². The van der Waals surface area contributed by atoms with Crippen LogP contribution >= 0.6 is 0 Å². The number of rotatable bonds is 2. The standard InChI is InChI=1S/C12H22N2O2/c1-9-4-3-5-14(6-9)12(15)10-7-16-8-11(10)13-2/h9-11,13H,3-8H2,1-2H3. The Morgan fingerprint density at radius 3 is 2.94 bits per heavy atom. The summed E-state index contributed by atoms with van der Waals surface area (Å²) in [5, 5.41) is 3.17. The number of ether oxygens (including phenoxy) is 1. The first-order valence-electron chi connectivity index (χ1n) is 6.26. The second-order valence-corrected chi connectivity index (χ2v) is 5.07. The van der Waals surface area contributed by atoms with E-state index in [0.717, 1.165) is 19.5 Å². The third kappa shape index (κ3) is 2.38. The van der Waals surface area contributed by atoms with Crippen molar-refractivity contribution < 1.29 is 9.53 Å². The number of nitrogens with zero attached hydrogens (tertiary/aromatic N) is 1. The maximum atomic E-state index is 12.3. The van der Waals surface area contributed by atoms with Gasteiger partial charge in [0.1, 0.15) is 0 Å². The molecule has 2 fully saturated rings. The zero-order chi connectivity index (χ0) is 11.5. The maximum absolute atomic E-state index is 12.3. The molecule has 2 aliphatic rings. The summed E-state index contributed by atoms with van der Waals surface area (Å²) in [6.07, 6.45) is 2.39. The average Bonchev–Trinajstić information content (AvgIpc) is 2.76. The molecule has 0 bridgehead atoms. The monoisotopic (exact) mass is 226 g/mol. The maximum Gasteiger partial charge on any atom is 0.229 e. The summed E-state index contributed by atoms with van der Waals surface area (Å²) < 4.78 is 5.39. The van der Waals surface area contributed by atoms with E-state index in [1.807, 2.05) is 11.9 Å². The summed E-state index contributed by atoms with van der Waals surface area (Å²) >= 11 is 0. The molecule has 0 aromatic heterocycles. The molecule has 2 heterocycles. The highest BCUT2D eigenvalue weighted by Crippen LogP contribution is 2.21. The van der Waals surface area contributed by atoms with Gasteiger partial charge in [-0.3, -0.25) is 4.79 Å². The lowest BCUT2D eigenvalue weighted by Crippen LogP contribution is -2.47. The van der Waals surface area contributed by atoms with Gasteiger partial charge in [-0.25, -0.2) is 0 Å². The van der Waals surface area contributed by atoms with Crippen LogP contribution in [0.1, 0.15) is 19.8 Å². The van der Waals surface area contributed by atoms with E-state index in [1.54, 1.807) is 0 Å². The van der Waals surface area contributed by atoms with Crippen LogP contribution in [0.15, 0.2) is 0 Å². The van der Waals surface area contributed by atoms with Gasteiger partial charge in [-0.2, -0.15) is 0 Å². The molecule has 1 amide bonds. The van der Waals surface area contributed by atoms with Gasteiger partial charge in [-0.1, -0.05) is 6.92 Å². The van der Waals surface area contributed by atoms with Crippen LogP contribution in [0.3, 0.4) is 0 Å². The van der Waals surface area contributed by atoms with E-state index in [9.17, 15) is 4.79 Å². The summed E-state index contributed by atoms with van der Waals surface area (Å²) in [5.74, 6) is 0.951. The number of nitrogens with one attached hydrogen (secondary N) is 1. The van der Waals surface area contributed by atoms with Crippen molar-refractivity contribution in [2.24, 2.45) is 11.8 Å². The zero-order valence-electron chi connectivity index (χ0n) is 10.2. The number of likely N-dealkylation sites (N-methyl/N-ethyl adjacent to an activating group) is 1. The minimum absolute atomic E-state index is 0.0234. The van der Waals surface area contributed by atoms with E-state index >= 15 is 0 Å². The van der Waals surface area contributed by atoms with Gasteiger partial charge >= 0.3 is 0 Å². The van der Waals surface area contributed by atoms with Crippen LogP contribution in [0.5, 0.6) is 0 Å². The molecule has 0 aromatic carbocycles. The summed E-state index contributed by atoms with van der Waals surface area (Å²) in [4.78, 5) is 14.3. The SMILES string of the molecule is CNC1COCC1C(=O)N1CCCC(C)C1. The first-order chi connectivity index (χ1) is 7.72. The Balaban J connectivity index is 1.95. The Hall–Kier alpha value is -0.610. The summed E-state index contributed by atoms with van der Waals surface area (Å²) in [7, 11) is 1.90. The highest BCUT2D eigenvalue weighted by Gasteiger charge is 2.36. The number of likely N-dealkylation sites (tertiary alicyclic amines) is 1. The van der Waals surface area contributed by atoms with E-state index < -0.39 is 0 Å². The fraction of sp³-hybridized carbons (Fsp3) is 0.917. The highest BCUT2D eigenvalue weighted by molar-refractivity contribution is 5.80. The molecule has 4 nitrogen and oxygen atoms in total. The Kier molecular flexibility index (Phi) is 3.82. The quantitative estimate of drug-likeness (QED) is 0.744. The smallest absolute Gasteiger partial charge is 0.229 e. The Bertz CT molecular complexity index is 257. The van der Waals surface area contributed by atoms with Gasteiger partial charge in [0.25, 0.3) is 0 Å². The van der Waals surface area contributed by atoms with Crippen molar-refractivity contribution in [3.8, 4) is 0 Å². The average molecular weight is 226 g/mol. The molecule has 2 aliphatic heterocycles. The van der Waals surface area contributed by atoms with Crippen molar-refractivity contribution in [1.29, 1.82) is 0 Å². The number of carbonyl (C=O) groups excluding carboxylic acids is 1. The van der Waals surface area contributed by atoms with Crippen molar-refractivity contribution in [3.63, 3.8) is 0 Å². The van der Waals surface area contributed by atoms with Crippen LogP contribution in [0, 0.1) is 11.8 Å². The van der Waals surface area contributed by atoms with Gasteiger partial charge in [0, 0.05) is 19.1 Å². The highest BCUT2D eigenvalue weighted by atomic mass is 16.5. The molecule has 92 valence electrons. The fourth-order valence-corrected chi connectivity index (χ4v) is 2.71. The van der Waals surface area contributed by atoms with Gasteiger partial charge < -0.3 is 15.0 Å². The number of amides is 1. The van der Waals surface area contributed by atoms with Gasteiger partial charge in [0.2, 0.25) is 5.91 Å². The van der Waals surface area contributed by atoms with Crippen LogP contribution in [-0.2, 0) is 9.53 Å². The molecular formula is C12H22N2O2. The molecule has 0 radical (unpaired) electrons. The Morgan fingerprint density at radius 2 is 2.25 bits per heavy atom. The third-order valence-corrected chi connectivity index (χ3v) is 3.74. The number of carbonyl (C=O) groups is 1. The lowest BCUT2D eigenvalue weighted by molar-refractivity contribution is -0.137. The predicted octanol–water partition coefficient (Wildman–Crippen LogP) is 0.479. The molecule has 3 unspecified atom stereocenters. The molecule has 0 spiro atoms. The molecule has 0 saturated carbocycles. The van der Waals surface area contributed by atoms with E-state index in [-0.39, 0.29) is 17.9 Å². The largest absolute Gasteiger partial charge is 0.379 e. The Morgan fingerprint density at radius 1 is 1.44 bits per heavy atom. The molecule has 3 atom stereocenters. The third-order valence-electron chi connectivity index (χ3n) is 3.74.